The van der Waals surface area contributed by atoms with E-state index in [0.717, 1.165) is 49.1 Å². The normalized spacial score (nSPS) is 17.6. The maximum atomic E-state index is 13.5. The molecule has 5 N–H and O–H groups in total. The molecule has 3 fully saturated rings. The number of hydrogen-bond acceptors (Lipinski definition) is 20. The Morgan fingerprint density at radius 3 is 1.75 bits per heavy atom. The van der Waals surface area contributed by atoms with Gasteiger partial charge in [0.05, 0.1) is 83.6 Å². The molecular formula is C63H63F9N22O6. The molecule has 14 rings (SSSR count). The first kappa shape index (κ1) is 68.9. The average Bonchev–Trinajstić information content (AvgIpc) is 1.47. The molecule has 4 atom stereocenters. The topological polar surface area (TPSA) is 331 Å². The van der Waals surface area contributed by atoms with E-state index >= 15 is 0 Å². The van der Waals surface area contributed by atoms with Crippen molar-refractivity contribution < 1.29 is 68.3 Å². The number of Topliss-reactive ketones (excluding diaryl/α,β-unsaturated/α-hetero) is 3. The van der Waals surface area contributed by atoms with Crippen molar-refractivity contribution in [3.8, 4) is 11.3 Å². The van der Waals surface area contributed by atoms with Gasteiger partial charge in [-0.1, -0.05) is 13.0 Å². The van der Waals surface area contributed by atoms with Crippen molar-refractivity contribution in [1.82, 2.24) is 65.0 Å². The van der Waals surface area contributed by atoms with Gasteiger partial charge in [-0.2, -0.15) is 44.6 Å². The van der Waals surface area contributed by atoms with E-state index in [2.05, 4.69) is 81.0 Å². The molecule has 6 aliphatic heterocycles. The number of imidazole rings is 1. The zero-order chi connectivity index (χ0) is 71.1. The Bertz CT molecular complexity index is 4460. The highest BCUT2D eigenvalue weighted by Gasteiger charge is 2.46. The summed E-state index contributed by atoms with van der Waals surface area (Å²) in [6.45, 7) is 10.1. The van der Waals surface area contributed by atoms with Gasteiger partial charge < -0.3 is 19.7 Å². The zero-order valence-electron chi connectivity index (χ0n) is 53.8. The highest BCUT2D eigenvalue weighted by molar-refractivity contribution is 6.09. The molecule has 100 heavy (non-hydrogen) atoms. The molecular weight excluding hydrogens is 1330 g/mol. The fourth-order valence-corrected chi connectivity index (χ4v) is 12.5. The second-order valence-electron chi connectivity index (χ2n) is 24.6. The van der Waals surface area contributed by atoms with E-state index in [-0.39, 0.29) is 53.1 Å². The SMILES string of the molecule is Cc1ccc2c(NC(=O)N3c4nc(C(=O)C[C@H](C)C(F)(F)F)nc(C)c4N4CC[C@H]3C4)n[nH]c2n1.Cc1ncc(-c2ccnc(NC(=O)N3c4nc(C(=O)CCC(F)(F)F)ncc4N4CC[C@H]3C4)c2)[nH]1.O=C(CCC(F)(F)F)c1ncc2c(n1)N(C(=O)Nc1ccccn1)[C@H]1CCCN2C1. The van der Waals surface area contributed by atoms with Crippen molar-refractivity contribution in [1.29, 1.82) is 0 Å². The number of aromatic amines is 2. The first-order valence-electron chi connectivity index (χ1n) is 31.7. The van der Waals surface area contributed by atoms with Gasteiger partial charge in [0.1, 0.15) is 23.1 Å². The Morgan fingerprint density at radius 2 is 1.15 bits per heavy atom. The number of carbonyl (C=O) groups excluding carboxylic acids is 6. The molecule has 8 aromatic rings. The largest absolute Gasteiger partial charge is 0.391 e. The van der Waals surface area contributed by atoms with Crippen LogP contribution in [0.1, 0.15) is 114 Å². The number of nitrogens with one attached hydrogen (secondary N) is 5. The van der Waals surface area contributed by atoms with Gasteiger partial charge in [-0.25, -0.2) is 64.2 Å². The summed E-state index contributed by atoms with van der Waals surface area (Å²) in [6, 6.07) is 10.1. The fraction of sp³-hybridized carbons (Fsp3) is 0.413. The highest BCUT2D eigenvalue weighted by Crippen LogP contribution is 2.43. The summed E-state index contributed by atoms with van der Waals surface area (Å²) in [5, 5.41) is 15.9. The number of hydrogen-bond donors (Lipinski definition) is 5. The van der Waals surface area contributed by atoms with Crippen LogP contribution in [0.3, 0.4) is 0 Å². The molecule has 37 heteroatoms. The van der Waals surface area contributed by atoms with Crippen LogP contribution < -0.4 is 45.3 Å². The van der Waals surface area contributed by atoms with Crippen molar-refractivity contribution in [2.24, 2.45) is 5.92 Å². The second kappa shape index (κ2) is 27.7. The number of pyridine rings is 3. The molecule has 28 nitrogen and oxygen atoms in total. The molecule has 0 aromatic carbocycles. The van der Waals surface area contributed by atoms with Crippen LogP contribution in [0.2, 0.25) is 0 Å². The van der Waals surface area contributed by atoms with Crippen LogP contribution in [-0.4, -0.2) is 176 Å². The number of alkyl halides is 9. The number of urea groups is 3. The summed E-state index contributed by atoms with van der Waals surface area (Å²) in [6.07, 6.45) is -7.66. The number of amides is 6. The third-order valence-electron chi connectivity index (χ3n) is 17.5. The summed E-state index contributed by atoms with van der Waals surface area (Å²) >= 11 is 0. The summed E-state index contributed by atoms with van der Waals surface area (Å²) in [4.78, 5) is 132. The molecule has 0 saturated carbocycles. The molecule has 0 radical (unpaired) electrons. The molecule has 524 valence electrons. The Balaban J connectivity index is 0.000000143. The van der Waals surface area contributed by atoms with Crippen molar-refractivity contribution in [3.63, 3.8) is 0 Å². The molecule has 6 amide bonds. The van der Waals surface area contributed by atoms with E-state index in [4.69, 9.17) is 0 Å². The predicted octanol–water partition coefficient (Wildman–Crippen LogP) is 10.9. The minimum Gasteiger partial charge on any atom is -0.365 e. The lowest BCUT2D eigenvalue weighted by atomic mass is 10.0. The molecule has 0 spiro atoms. The smallest absolute Gasteiger partial charge is 0.365 e. The predicted molar refractivity (Wildman–Crippen MR) is 345 cm³/mol. The van der Waals surface area contributed by atoms with Gasteiger partial charge in [0.15, 0.2) is 58.0 Å². The average molecular weight is 1400 g/mol. The monoisotopic (exact) mass is 1390 g/mol. The number of anilines is 9. The molecule has 3 saturated heterocycles. The number of nitrogens with zero attached hydrogens (tertiary/aromatic N) is 17. The molecule has 0 aliphatic carbocycles. The molecule has 6 aliphatic rings. The van der Waals surface area contributed by atoms with Gasteiger partial charge in [0, 0.05) is 82.2 Å². The Morgan fingerprint density at radius 1 is 0.580 bits per heavy atom. The lowest BCUT2D eigenvalue weighted by molar-refractivity contribution is -0.168. The number of ketones is 3. The van der Waals surface area contributed by atoms with Crippen LogP contribution in [0.25, 0.3) is 22.3 Å². The quantitative estimate of drug-likeness (QED) is 0.0529. The number of piperidine rings is 1. The summed E-state index contributed by atoms with van der Waals surface area (Å²) < 4.78 is 114. The van der Waals surface area contributed by atoms with Crippen molar-refractivity contribution >= 4 is 98.4 Å². The maximum Gasteiger partial charge on any atom is 0.391 e. The number of rotatable bonds is 13. The summed E-state index contributed by atoms with van der Waals surface area (Å²) in [5.74, 6) is -2.97. The van der Waals surface area contributed by atoms with Crippen LogP contribution in [0.15, 0.2) is 73.4 Å². The zero-order valence-corrected chi connectivity index (χ0v) is 53.8. The van der Waals surface area contributed by atoms with Crippen LogP contribution in [0.5, 0.6) is 0 Å². The Hall–Kier alpha value is -11.0. The van der Waals surface area contributed by atoms with Crippen LogP contribution >= 0.6 is 0 Å². The van der Waals surface area contributed by atoms with Gasteiger partial charge in [0.25, 0.3) is 0 Å². The number of aryl methyl sites for hydroxylation is 3. The molecule has 6 bridgehead atoms. The molecule has 0 unspecified atom stereocenters. The van der Waals surface area contributed by atoms with Gasteiger partial charge >= 0.3 is 36.6 Å². The second-order valence-corrected chi connectivity index (χ2v) is 24.6. The molecule has 14 heterocycles. The third kappa shape index (κ3) is 15.1. The maximum absolute atomic E-state index is 13.5. The van der Waals surface area contributed by atoms with Gasteiger partial charge in [-0.05, 0) is 82.9 Å². The first-order valence-corrected chi connectivity index (χ1v) is 31.7. The lowest BCUT2D eigenvalue weighted by Gasteiger charge is -2.45. The number of aromatic nitrogens is 13. The fourth-order valence-electron chi connectivity index (χ4n) is 12.5. The van der Waals surface area contributed by atoms with E-state index in [0.29, 0.717) is 96.8 Å². The van der Waals surface area contributed by atoms with E-state index in [1.165, 1.54) is 27.1 Å². The number of carbonyl (C=O) groups is 6. The summed E-state index contributed by atoms with van der Waals surface area (Å²) in [5.41, 5.74) is 5.02. The minimum absolute atomic E-state index is 0.178. The summed E-state index contributed by atoms with van der Waals surface area (Å²) in [7, 11) is 0. The minimum atomic E-state index is -4.50. The van der Waals surface area contributed by atoms with E-state index in [1.807, 2.05) is 28.5 Å². The van der Waals surface area contributed by atoms with Crippen molar-refractivity contribution in [2.45, 2.75) is 122 Å². The van der Waals surface area contributed by atoms with Gasteiger partial charge in [-0.15, -0.1) is 0 Å². The van der Waals surface area contributed by atoms with Crippen molar-refractivity contribution in [2.75, 3.05) is 84.6 Å². The van der Waals surface area contributed by atoms with Crippen LogP contribution in [0.4, 0.5) is 106 Å². The van der Waals surface area contributed by atoms with Gasteiger partial charge in [-0.3, -0.25) is 50.1 Å². The van der Waals surface area contributed by atoms with E-state index in [9.17, 15) is 68.3 Å². The van der Waals surface area contributed by atoms with Crippen molar-refractivity contribution in [3.05, 3.63) is 108 Å². The molecule has 8 aromatic heterocycles. The van der Waals surface area contributed by atoms with E-state index in [1.54, 1.807) is 68.0 Å². The van der Waals surface area contributed by atoms with Crippen LogP contribution in [-0.2, 0) is 0 Å². The number of H-pyrrole nitrogens is 2. The van der Waals surface area contributed by atoms with Gasteiger partial charge in [0.2, 0.25) is 5.78 Å². The Kier molecular flexibility index (Phi) is 19.1. The number of fused-ring (bicyclic) bond motifs is 13. The van der Waals surface area contributed by atoms with Crippen LogP contribution in [0, 0.1) is 26.7 Å². The lowest BCUT2D eigenvalue weighted by Crippen LogP contribution is -2.56. The first-order chi connectivity index (χ1) is 47.5. The highest BCUT2D eigenvalue weighted by atomic mass is 19.4. The Labute approximate surface area is 562 Å². The standard InChI is InChI=1S/C22H23F3N8O2.C22H21F3N8O2.C19H19F3N6O2/c1-10(22(23,24)25)8-15(34)19-27-12(3)16-20(28-19)33(13-6-7-32(16)9-13)21(35)29-18-14-5-4-11(2)26-17(14)30-31-18;1-12-27-9-15(29-12)13-3-6-26-18(8-13)30-21(35)33-14-4-7-32(11-14)16-10-28-19(31-20(16)33)17(34)2-5-22(23,24)25;20-19(21,22)7-6-14(29)16-24-10-13-17(26-16)28(12-4-3-9-27(13)11-12)18(30)25-15-5-1-2-8-23-15/h4-5,10,13H,6-9H2,1-3H3,(H2,26,29,30,31,35);3,6,8-10,14H,2,4-5,7,11H2,1H3,(H,27,29)(H,26,30,35);1-2,5,8,10,12H,3-4,6-7,9,11H2,(H,23,25,30)/t10-,13-;14-;12-/m000/s1. The van der Waals surface area contributed by atoms with E-state index < -0.39 is 92.0 Å². The third-order valence-corrected chi connectivity index (χ3v) is 17.5. The number of halogens is 9.